The van der Waals surface area contributed by atoms with Gasteiger partial charge >= 0.3 is 0 Å². The minimum absolute atomic E-state index is 0.0115. The van der Waals surface area contributed by atoms with Crippen molar-refractivity contribution in [2.24, 2.45) is 5.73 Å². The predicted molar refractivity (Wildman–Crippen MR) is 67.3 cm³/mol. The summed E-state index contributed by atoms with van der Waals surface area (Å²) in [7, 11) is 0. The van der Waals surface area contributed by atoms with Gasteiger partial charge in [0.05, 0.1) is 0 Å². The Kier molecular flexibility index (Phi) is 4.99. The Labute approximate surface area is 97.0 Å². The molecular formula is C13H20N2O. The number of hydrogen-bond acceptors (Lipinski definition) is 2. The third-order valence-electron chi connectivity index (χ3n) is 2.59. The average molecular weight is 220 g/mol. The lowest BCUT2D eigenvalue weighted by molar-refractivity contribution is -0.116. The molecule has 1 unspecified atom stereocenters. The first-order valence-electron chi connectivity index (χ1n) is 5.80. The fraction of sp³-hybridized carbons (Fsp3) is 0.462. The summed E-state index contributed by atoms with van der Waals surface area (Å²) in [6.45, 7) is 4.07. The van der Waals surface area contributed by atoms with Crippen LogP contribution in [0.5, 0.6) is 0 Å². The van der Waals surface area contributed by atoms with Crippen molar-refractivity contribution >= 4 is 11.6 Å². The Morgan fingerprint density at radius 1 is 1.44 bits per heavy atom. The molecular weight excluding hydrogens is 200 g/mol. The van der Waals surface area contributed by atoms with Gasteiger partial charge in [0.15, 0.2) is 0 Å². The summed E-state index contributed by atoms with van der Waals surface area (Å²) in [6.07, 6.45) is 2.17. The monoisotopic (exact) mass is 220 g/mol. The van der Waals surface area contributed by atoms with Gasteiger partial charge in [0.1, 0.15) is 0 Å². The molecule has 1 atom stereocenters. The Hall–Kier alpha value is -1.35. The first-order valence-corrected chi connectivity index (χ1v) is 5.80. The van der Waals surface area contributed by atoms with Crippen LogP contribution in [-0.2, 0) is 11.2 Å². The molecule has 1 rings (SSSR count). The second-order valence-corrected chi connectivity index (χ2v) is 3.97. The van der Waals surface area contributed by atoms with Gasteiger partial charge in [-0.25, -0.2) is 0 Å². The number of hydrogen-bond donors (Lipinski definition) is 2. The first kappa shape index (κ1) is 12.7. The lowest BCUT2D eigenvalue weighted by atomic mass is 10.1. The number of amides is 1. The van der Waals surface area contributed by atoms with E-state index in [-0.39, 0.29) is 11.9 Å². The van der Waals surface area contributed by atoms with Gasteiger partial charge in [0.25, 0.3) is 0 Å². The Morgan fingerprint density at radius 3 is 2.81 bits per heavy atom. The molecule has 0 fully saturated rings. The molecule has 3 nitrogen and oxygen atoms in total. The number of carbonyl (C=O) groups excluding carboxylic acids is 1. The van der Waals surface area contributed by atoms with Gasteiger partial charge in [-0.1, -0.05) is 26.0 Å². The van der Waals surface area contributed by atoms with Crippen LogP contribution in [0.3, 0.4) is 0 Å². The third kappa shape index (κ3) is 4.03. The molecule has 0 saturated heterocycles. The molecule has 0 aromatic heterocycles. The van der Waals surface area contributed by atoms with Crippen molar-refractivity contribution in [1.82, 2.24) is 0 Å². The molecule has 0 radical (unpaired) electrons. The highest BCUT2D eigenvalue weighted by atomic mass is 16.1. The number of anilines is 1. The summed E-state index contributed by atoms with van der Waals surface area (Å²) in [5.74, 6) is -0.0115. The molecule has 88 valence electrons. The zero-order valence-corrected chi connectivity index (χ0v) is 9.99. The molecule has 0 saturated carbocycles. The van der Waals surface area contributed by atoms with E-state index < -0.39 is 0 Å². The fourth-order valence-corrected chi connectivity index (χ4v) is 1.46. The van der Waals surface area contributed by atoms with Crippen molar-refractivity contribution in [2.45, 2.75) is 39.2 Å². The first-order chi connectivity index (χ1) is 7.65. The smallest absolute Gasteiger partial charge is 0.225 e. The van der Waals surface area contributed by atoms with E-state index in [1.807, 2.05) is 31.2 Å². The van der Waals surface area contributed by atoms with Crippen LogP contribution in [0.2, 0.25) is 0 Å². The van der Waals surface area contributed by atoms with Gasteiger partial charge in [-0.3, -0.25) is 4.79 Å². The van der Waals surface area contributed by atoms with Gasteiger partial charge in [0, 0.05) is 18.2 Å². The van der Waals surface area contributed by atoms with Gasteiger partial charge in [0.2, 0.25) is 5.91 Å². The van der Waals surface area contributed by atoms with E-state index in [0.29, 0.717) is 6.42 Å². The summed E-state index contributed by atoms with van der Waals surface area (Å²) in [6, 6.07) is 7.85. The lowest BCUT2D eigenvalue weighted by Crippen LogP contribution is -2.26. The predicted octanol–water partition coefficient (Wildman–Crippen LogP) is 2.31. The highest BCUT2D eigenvalue weighted by Crippen LogP contribution is 2.11. The van der Waals surface area contributed by atoms with Gasteiger partial charge in [-0.05, 0) is 30.5 Å². The Morgan fingerprint density at radius 2 is 2.19 bits per heavy atom. The lowest BCUT2D eigenvalue weighted by Gasteiger charge is -2.10. The highest BCUT2D eigenvalue weighted by Gasteiger charge is 2.07. The normalized spacial score (nSPS) is 12.2. The quantitative estimate of drug-likeness (QED) is 0.800. The van der Waals surface area contributed by atoms with Crippen molar-refractivity contribution in [3.05, 3.63) is 29.8 Å². The van der Waals surface area contributed by atoms with Crippen molar-refractivity contribution in [2.75, 3.05) is 5.32 Å². The van der Waals surface area contributed by atoms with Crippen molar-refractivity contribution in [1.29, 1.82) is 0 Å². The van der Waals surface area contributed by atoms with Crippen LogP contribution in [0.15, 0.2) is 24.3 Å². The molecule has 16 heavy (non-hydrogen) atoms. The number of benzene rings is 1. The van der Waals surface area contributed by atoms with E-state index in [1.54, 1.807) is 0 Å². The van der Waals surface area contributed by atoms with Gasteiger partial charge in [-0.15, -0.1) is 0 Å². The molecule has 0 aliphatic heterocycles. The van der Waals surface area contributed by atoms with E-state index >= 15 is 0 Å². The minimum atomic E-state index is -0.0469. The van der Waals surface area contributed by atoms with Crippen LogP contribution < -0.4 is 11.1 Å². The maximum absolute atomic E-state index is 11.6. The molecule has 1 aromatic carbocycles. The van der Waals surface area contributed by atoms with E-state index in [4.69, 9.17) is 5.73 Å². The van der Waals surface area contributed by atoms with Crippen LogP contribution in [0.4, 0.5) is 5.69 Å². The molecule has 0 spiro atoms. The standard InChI is InChI=1S/C13H20N2O/c1-3-10-6-5-7-12(8-10)15-13(16)9-11(14)4-2/h5-8,11H,3-4,9,14H2,1-2H3,(H,15,16). The zero-order chi connectivity index (χ0) is 12.0. The topological polar surface area (TPSA) is 55.1 Å². The van der Waals surface area contributed by atoms with Gasteiger partial charge in [-0.2, -0.15) is 0 Å². The van der Waals surface area contributed by atoms with Crippen molar-refractivity contribution < 1.29 is 4.79 Å². The highest BCUT2D eigenvalue weighted by molar-refractivity contribution is 5.91. The van der Waals surface area contributed by atoms with E-state index in [0.717, 1.165) is 18.5 Å². The summed E-state index contributed by atoms with van der Waals surface area (Å²) < 4.78 is 0. The van der Waals surface area contributed by atoms with Crippen LogP contribution >= 0.6 is 0 Å². The minimum Gasteiger partial charge on any atom is -0.327 e. The number of aryl methyl sites for hydroxylation is 1. The third-order valence-corrected chi connectivity index (χ3v) is 2.59. The Bertz CT molecular complexity index is 350. The summed E-state index contributed by atoms with van der Waals surface area (Å²) in [5, 5.41) is 2.86. The molecule has 0 aliphatic rings. The maximum Gasteiger partial charge on any atom is 0.225 e. The average Bonchev–Trinajstić information content (AvgIpc) is 2.28. The number of carbonyl (C=O) groups is 1. The molecule has 0 heterocycles. The summed E-state index contributed by atoms with van der Waals surface area (Å²) in [5.41, 5.74) is 7.80. The largest absolute Gasteiger partial charge is 0.327 e. The zero-order valence-electron chi connectivity index (χ0n) is 9.99. The summed E-state index contributed by atoms with van der Waals surface area (Å²) in [4.78, 5) is 11.6. The van der Waals surface area contributed by atoms with Gasteiger partial charge < -0.3 is 11.1 Å². The molecule has 0 bridgehead atoms. The number of nitrogens with one attached hydrogen (secondary N) is 1. The maximum atomic E-state index is 11.6. The molecule has 0 aliphatic carbocycles. The second-order valence-electron chi connectivity index (χ2n) is 3.97. The van der Waals surface area contributed by atoms with E-state index in [2.05, 4.69) is 12.2 Å². The van der Waals surface area contributed by atoms with E-state index in [1.165, 1.54) is 5.56 Å². The molecule has 3 N–H and O–H groups in total. The number of nitrogens with two attached hydrogens (primary N) is 1. The van der Waals surface area contributed by atoms with Crippen molar-refractivity contribution in [3.63, 3.8) is 0 Å². The fourth-order valence-electron chi connectivity index (χ4n) is 1.46. The van der Waals surface area contributed by atoms with Crippen LogP contribution in [0.1, 0.15) is 32.3 Å². The second kappa shape index (κ2) is 6.28. The van der Waals surface area contributed by atoms with Crippen molar-refractivity contribution in [3.8, 4) is 0 Å². The SMILES string of the molecule is CCc1cccc(NC(=O)CC(N)CC)c1. The van der Waals surface area contributed by atoms with Crippen LogP contribution in [0.25, 0.3) is 0 Å². The Balaban J connectivity index is 2.55. The molecule has 1 aromatic rings. The molecule has 3 heteroatoms. The summed E-state index contributed by atoms with van der Waals surface area (Å²) >= 11 is 0. The van der Waals surface area contributed by atoms with E-state index in [9.17, 15) is 4.79 Å². The molecule has 1 amide bonds. The van der Waals surface area contributed by atoms with Crippen LogP contribution in [-0.4, -0.2) is 11.9 Å². The number of rotatable bonds is 5. The van der Waals surface area contributed by atoms with Crippen LogP contribution in [0, 0.1) is 0 Å².